The minimum Gasteiger partial charge on any atom is -0.497 e. The van der Waals surface area contributed by atoms with E-state index in [4.69, 9.17) is 15.2 Å². The maximum Gasteiger partial charge on any atom is 0.193 e. The Labute approximate surface area is 153 Å². The fourth-order valence-electron chi connectivity index (χ4n) is 2.30. The number of hydrogen-bond acceptors (Lipinski definition) is 4. The number of nitrogens with two attached hydrogens (primary N) is 1. The SMILES string of the molecule is COc1ccc(OC)c(NC(N)=NCC2(C)CCCS2)c1.I. The van der Waals surface area contributed by atoms with Crippen LogP contribution in [0, 0.1) is 0 Å². The van der Waals surface area contributed by atoms with Crippen molar-refractivity contribution in [3.05, 3.63) is 18.2 Å². The molecule has 1 heterocycles. The van der Waals surface area contributed by atoms with Gasteiger partial charge in [0.2, 0.25) is 0 Å². The minimum absolute atomic E-state index is 0. The lowest BCUT2D eigenvalue weighted by Crippen LogP contribution is -2.27. The predicted octanol–water partition coefficient (Wildman–Crippen LogP) is 3.33. The molecule has 0 spiro atoms. The molecule has 0 saturated carbocycles. The molecule has 1 aliphatic rings. The van der Waals surface area contributed by atoms with E-state index in [0.717, 1.165) is 18.0 Å². The van der Waals surface area contributed by atoms with Gasteiger partial charge >= 0.3 is 0 Å². The molecule has 0 radical (unpaired) electrons. The van der Waals surface area contributed by atoms with Gasteiger partial charge in [0.05, 0.1) is 26.5 Å². The molecular weight excluding hydrogens is 413 g/mol. The summed E-state index contributed by atoms with van der Waals surface area (Å²) < 4.78 is 10.7. The molecule has 124 valence electrons. The standard InChI is InChI=1S/C15H23N3O2S.HI/c1-15(7-4-8-21-15)10-17-14(16)18-12-9-11(19-2)5-6-13(12)20-3;/h5-6,9H,4,7-8,10H2,1-3H3,(H3,16,17,18);1H. The molecule has 1 saturated heterocycles. The number of ether oxygens (including phenoxy) is 2. The monoisotopic (exact) mass is 437 g/mol. The molecule has 1 aromatic carbocycles. The average molecular weight is 437 g/mol. The molecule has 1 atom stereocenters. The largest absolute Gasteiger partial charge is 0.497 e. The molecule has 1 fully saturated rings. The fraction of sp³-hybridized carbons (Fsp3) is 0.533. The van der Waals surface area contributed by atoms with Gasteiger partial charge in [-0.25, -0.2) is 0 Å². The highest BCUT2D eigenvalue weighted by Gasteiger charge is 2.29. The Hall–Kier alpha value is -0.830. The number of methoxy groups -OCH3 is 2. The Morgan fingerprint density at radius 2 is 2.18 bits per heavy atom. The van der Waals surface area contributed by atoms with Crippen molar-refractivity contribution in [3.8, 4) is 11.5 Å². The van der Waals surface area contributed by atoms with Gasteiger partial charge in [-0.3, -0.25) is 4.99 Å². The summed E-state index contributed by atoms with van der Waals surface area (Å²) >= 11 is 1.97. The van der Waals surface area contributed by atoms with Crippen molar-refractivity contribution < 1.29 is 9.47 Å². The first-order chi connectivity index (χ1) is 10.1. The number of halogens is 1. The number of thioether (sulfide) groups is 1. The molecule has 3 N–H and O–H groups in total. The molecule has 0 amide bonds. The highest BCUT2D eigenvalue weighted by atomic mass is 127. The smallest absolute Gasteiger partial charge is 0.193 e. The zero-order valence-electron chi connectivity index (χ0n) is 13.2. The third-order valence-corrected chi connectivity index (χ3v) is 5.08. The van der Waals surface area contributed by atoms with Gasteiger partial charge in [0.1, 0.15) is 11.5 Å². The van der Waals surface area contributed by atoms with Crippen LogP contribution in [0.5, 0.6) is 11.5 Å². The van der Waals surface area contributed by atoms with Crippen LogP contribution >= 0.6 is 35.7 Å². The highest BCUT2D eigenvalue weighted by molar-refractivity contribution is 14.0. The number of rotatable bonds is 5. The van der Waals surface area contributed by atoms with Crippen LogP contribution in [0.1, 0.15) is 19.8 Å². The molecular formula is C15H24IN3O2S. The van der Waals surface area contributed by atoms with Crippen LogP contribution < -0.4 is 20.5 Å². The van der Waals surface area contributed by atoms with Gasteiger partial charge in [-0.2, -0.15) is 11.8 Å². The Balaban J connectivity index is 0.00000242. The molecule has 1 aromatic rings. The molecule has 1 unspecified atom stereocenters. The number of benzene rings is 1. The van der Waals surface area contributed by atoms with Gasteiger partial charge < -0.3 is 20.5 Å². The lowest BCUT2D eigenvalue weighted by Gasteiger charge is -2.20. The van der Waals surface area contributed by atoms with Crippen molar-refractivity contribution in [2.75, 3.05) is 31.8 Å². The van der Waals surface area contributed by atoms with Crippen LogP contribution in [0.3, 0.4) is 0 Å². The summed E-state index contributed by atoms with van der Waals surface area (Å²) in [4.78, 5) is 4.47. The maximum atomic E-state index is 5.99. The first kappa shape index (κ1) is 19.2. The summed E-state index contributed by atoms with van der Waals surface area (Å²) in [6, 6.07) is 5.52. The summed E-state index contributed by atoms with van der Waals surface area (Å²) in [7, 11) is 3.25. The predicted molar refractivity (Wildman–Crippen MR) is 105 cm³/mol. The van der Waals surface area contributed by atoms with E-state index in [2.05, 4.69) is 17.2 Å². The van der Waals surface area contributed by atoms with Crippen LogP contribution in [0.15, 0.2) is 23.2 Å². The van der Waals surface area contributed by atoms with E-state index in [1.807, 2.05) is 30.0 Å². The molecule has 2 rings (SSSR count). The third-order valence-electron chi connectivity index (χ3n) is 3.55. The first-order valence-electron chi connectivity index (χ1n) is 6.99. The summed E-state index contributed by atoms with van der Waals surface area (Å²) in [5, 5.41) is 3.09. The molecule has 22 heavy (non-hydrogen) atoms. The van der Waals surface area contributed by atoms with Crippen molar-refractivity contribution in [1.82, 2.24) is 0 Å². The zero-order valence-corrected chi connectivity index (χ0v) is 16.4. The molecule has 0 aliphatic carbocycles. The summed E-state index contributed by atoms with van der Waals surface area (Å²) in [5.74, 6) is 3.05. The Morgan fingerprint density at radius 3 is 2.77 bits per heavy atom. The van der Waals surface area contributed by atoms with E-state index in [0.29, 0.717) is 11.7 Å². The van der Waals surface area contributed by atoms with Gasteiger partial charge in [-0.15, -0.1) is 24.0 Å². The van der Waals surface area contributed by atoms with Crippen LogP contribution in [-0.4, -0.2) is 37.2 Å². The van der Waals surface area contributed by atoms with Gasteiger partial charge in [0, 0.05) is 10.8 Å². The zero-order chi connectivity index (χ0) is 15.3. The second kappa shape index (κ2) is 8.71. The highest BCUT2D eigenvalue weighted by Crippen LogP contribution is 2.37. The third kappa shape index (κ3) is 5.12. The number of hydrogen-bond donors (Lipinski definition) is 2. The topological polar surface area (TPSA) is 68.9 Å². The van der Waals surface area contributed by atoms with E-state index in [9.17, 15) is 0 Å². The van der Waals surface area contributed by atoms with Crippen LogP contribution in [0.2, 0.25) is 0 Å². The van der Waals surface area contributed by atoms with Crippen LogP contribution in [-0.2, 0) is 0 Å². The number of nitrogens with zero attached hydrogens (tertiary/aromatic N) is 1. The van der Waals surface area contributed by atoms with Crippen molar-refractivity contribution in [2.45, 2.75) is 24.5 Å². The van der Waals surface area contributed by atoms with Gasteiger partial charge in [-0.05, 0) is 37.7 Å². The lowest BCUT2D eigenvalue weighted by atomic mass is 10.1. The summed E-state index contributed by atoms with van der Waals surface area (Å²) in [5.41, 5.74) is 6.74. The van der Waals surface area contributed by atoms with Crippen molar-refractivity contribution >= 4 is 47.4 Å². The van der Waals surface area contributed by atoms with Crippen molar-refractivity contribution in [2.24, 2.45) is 10.7 Å². The minimum atomic E-state index is 0. The summed E-state index contributed by atoms with van der Waals surface area (Å²) in [6.07, 6.45) is 2.45. The van der Waals surface area contributed by atoms with E-state index < -0.39 is 0 Å². The molecule has 7 heteroatoms. The maximum absolute atomic E-state index is 5.99. The van der Waals surface area contributed by atoms with Gasteiger partial charge in [0.15, 0.2) is 5.96 Å². The van der Waals surface area contributed by atoms with E-state index >= 15 is 0 Å². The van der Waals surface area contributed by atoms with E-state index in [1.54, 1.807) is 14.2 Å². The molecule has 0 bridgehead atoms. The van der Waals surface area contributed by atoms with E-state index in [1.165, 1.54) is 18.6 Å². The lowest BCUT2D eigenvalue weighted by molar-refractivity contribution is 0.405. The first-order valence-corrected chi connectivity index (χ1v) is 7.98. The number of anilines is 1. The Bertz CT molecular complexity index is 520. The fourth-order valence-corrected chi connectivity index (χ4v) is 3.53. The van der Waals surface area contributed by atoms with Gasteiger partial charge in [0.25, 0.3) is 0 Å². The van der Waals surface area contributed by atoms with Crippen molar-refractivity contribution in [3.63, 3.8) is 0 Å². The Morgan fingerprint density at radius 1 is 1.41 bits per heavy atom. The number of nitrogens with one attached hydrogen (secondary N) is 1. The number of aliphatic imine (C=N–C) groups is 1. The van der Waals surface area contributed by atoms with E-state index in [-0.39, 0.29) is 28.7 Å². The van der Waals surface area contributed by atoms with Crippen LogP contribution in [0.4, 0.5) is 5.69 Å². The second-order valence-electron chi connectivity index (χ2n) is 5.29. The molecule has 1 aliphatic heterocycles. The molecule has 0 aromatic heterocycles. The molecule has 5 nitrogen and oxygen atoms in total. The van der Waals surface area contributed by atoms with Crippen molar-refractivity contribution in [1.29, 1.82) is 0 Å². The van der Waals surface area contributed by atoms with Crippen LogP contribution in [0.25, 0.3) is 0 Å². The Kier molecular flexibility index (Phi) is 7.61. The van der Waals surface area contributed by atoms with Gasteiger partial charge in [-0.1, -0.05) is 0 Å². The second-order valence-corrected chi connectivity index (χ2v) is 6.98. The average Bonchev–Trinajstić information content (AvgIpc) is 2.92. The quantitative estimate of drug-likeness (QED) is 0.420. The number of guanidine groups is 1. The normalized spacial score (nSPS) is 21.1. The summed E-state index contributed by atoms with van der Waals surface area (Å²) in [6.45, 7) is 2.97.